The van der Waals surface area contributed by atoms with Crippen LogP contribution in [0.2, 0.25) is 0 Å². The fourth-order valence-electron chi connectivity index (χ4n) is 4.33. The Bertz CT molecular complexity index is 1190. The summed E-state index contributed by atoms with van der Waals surface area (Å²) in [5.41, 5.74) is 9.06. The minimum Gasteiger partial charge on any atom is -0.431 e. The van der Waals surface area contributed by atoms with Gasteiger partial charge in [0.1, 0.15) is 0 Å². The number of rotatable bonds is 5. The van der Waals surface area contributed by atoms with Gasteiger partial charge in [-0.1, -0.05) is 87.0 Å². The molecule has 0 amide bonds. The van der Waals surface area contributed by atoms with Gasteiger partial charge in [-0.2, -0.15) is 0 Å². The third-order valence-electron chi connectivity index (χ3n) is 6.30. The summed E-state index contributed by atoms with van der Waals surface area (Å²) in [6, 6.07) is 22.8. The lowest BCUT2D eigenvalue weighted by atomic mass is 9.72. The monoisotopic (exact) mass is 422 g/mol. The lowest BCUT2D eigenvalue weighted by Crippen LogP contribution is -2.21. The maximum Gasteiger partial charge on any atom is 0.343 e. The van der Waals surface area contributed by atoms with Gasteiger partial charge in [-0.3, -0.25) is 0 Å². The smallest absolute Gasteiger partial charge is 0.343 e. The van der Waals surface area contributed by atoms with Gasteiger partial charge in [0.2, 0.25) is 0 Å². The van der Waals surface area contributed by atoms with Crippen LogP contribution in [0.3, 0.4) is 0 Å². The molecule has 1 aliphatic carbocycles. The average Bonchev–Trinajstić information content (AvgIpc) is 2.80. The Morgan fingerprint density at radius 2 is 1.78 bits per heavy atom. The van der Waals surface area contributed by atoms with Gasteiger partial charge < -0.3 is 4.74 Å². The van der Waals surface area contributed by atoms with Gasteiger partial charge in [0, 0.05) is 0 Å². The normalized spacial score (nSPS) is 14.7. The largest absolute Gasteiger partial charge is 0.431 e. The fourth-order valence-corrected chi connectivity index (χ4v) is 4.33. The Morgan fingerprint density at radius 1 is 1.03 bits per heavy atom. The molecular weight excluding hydrogens is 392 g/mol. The third-order valence-corrected chi connectivity index (χ3v) is 6.30. The maximum atomic E-state index is 12.5. The molecular formula is C30H30O2. The van der Waals surface area contributed by atoms with Crippen molar-refractivity contribution in [3.8, 4) is 0 Å². The quantitative estimate of drug-likeness (QED) is 0.314. The van der Waals surface area contributed by atoms with Crippen molar-refractivity contribution in [3.05, 3.63) is 118 Å². The number of carbonyl (C=O) groups excluding carboxylic acids is 1. The van der Waals surface area contributed by atoms with E-state index < -0.39 is 0 Å². The number of carbonyl (C=O) groups is 1. The van der Waals surface area contributed by atoms with Gasteiger partial charge in [-0.25, -0.2) is 4.79 Å². The summed E-state index contributed by atoms with van der Waals surface area (Å²) in [6.07, 6.45) is 7.51. The minimum absolute atomic E-state index is 0.0854. The zero-order valence-electron chi connectivity index (χ0n) is 19.3. The highest BCUT2D eigenvalue weighted by Gasteiger charge is 2.28. The highest BCUT2D eigenvalue weighted by Crippen LogP contribution is 2.41. The Balaban J connectivity index is 1.61. The summed E-state index contributed by atoms with van der Waals surface area (Å²) in [5.74, 6) is -0.321. The second-order valence-corrected chi connectivity index (χ2v) is 9.10. The molecule has 3 aromatic rings. The number of allylic oxidation sites excluding steroid dienone is 1. The van der Waals surface area contributed by atoms with Crippen molar-refractivity contribution in [3.63, 3.8) is 0 Å². The second kappa shape index (κ2) is 9.00. The first-order chi connectivity index (χ1) is 15.4. The van der Waals surface area contributed by atoms with Crippen LogP contribution in [0.25, 0.3) is 11.6 Å². The standard InChI is InChI=1S/C30H30O2/c1-5-23-8-6-7-9-26(23)29(31)32-19-17-22-12-15-28-27(20-22)25(16-18-30(28,3)4)24-13-10-21(2)11-14-24/h6-17,19-20H,5,18H2,1-4H3. The first-order valence-electron chi connectivity index (χ1n) is 11.3. The molecule has 0 bridgehead atoms. The molecule has 3 aromatic carbocycles. The van der Waals surface area contributed by atoms with Crippen molar-refractivity contribution in [1.29, 1.82) is 0 Å². The van der Waals surface area contributed by atoms with E-state index in [1.165, 1.54) is 34.1 Å². The number of aryl methyl sites for hydroxylation is 2. The van der Waals surface area contributed by atoms with Crippen LogP contribution in [0.5, 0.6) is 0 Å². The molecule has 0 heterocycles. The van der Waals surface area contributed by atoms with Gasteiger partial charge >= 0.3 is 5.97 Å². The Morgan fingerprint density at radius 3 is 2.53 bits per heavy atom. The maximum absolute atomic E-state index is 12.5. The number of fused-ring (bicyclic) bond motifs is 1. The van der Waals surface area contributed by atoms with Crippen molar-refractivity contribution < 1.29 is 9.53 Å². The predicted octanol–water partition coefficient (Wildman–Crippen LogP) is 7.50. The van der Waals surface area contributed by atoms with E-state index in [0.717, 1.165) is 24.0 Å². The van der Waals surface area contributed by atoms with Gasteiger partial charge in [0.05, 0.1) is 11.8 Å². The number of ether oxygens (including phenoxy) is 1. The highest BCUT2D eigenvalue weighted by atomic mass is 16.5. The molecule has 162 valence electrons. The van der Waals surface area contributed by atoms with E-state index >= 15 is 0 Å². The molecule has 32 heavy (non-hydrogen) atoms. The van der Waals surface area contributed by atoms with Crippen LogP contribution < -0.4 is 0 Å². The van der Waals surface area contributed by atoms with Crippen molar-refractivity contribution in [2.45, 2.75) is 46.0 Å². The molecule has 2 nitrogen and oxygen atoms in total. The van der Waals surface area contributed by atoms with E-state index in [2.05, 4.69) is 69.3 Å². The van der Waals surface area contributed by atoms with Crippen LogP contribution in [0.1, 0.15) is 70.9 Å². The number of hydrogen-bond donors (Lipinski definition) is 0. The van der Waals surface area contributed by atoms with E-state index in [4.69, 9.17) is 4.74 Å². The van der Waals surface area contributed by atoms with Crippen LogP contribution in [0, 0.1) is 6.92 Å². The van der Waals surface area contributed by atoms with Gasteiger partial charge in [0.15, 0.2) is 0 Å². The molecule has 2 heteroatoms. The molecule has 0 atom stereocenters. The molecule has 0 aliphatic heterocycles. The number of hydrogen-bond acceptors (Lipinski definition) is 2. The molecule has 0 saturated heterocycles. The van der Waals surface area contributed by atoms with E-state index in [1.54, 1.807) is 0 Å². The Hall–Kier alpha value is -3.39. The molecule has 0 spiro atoms. The molecule has 0 fully saturated rings. The lowest BCUT2D eigenvalue weighted by Gasteiger charge is -2.32. The Kier molecular flexibility index (Phi) is 6.14. The van der Waals surface area contributed by atoms with Crippen molar-refractivity contribution in [2.24, 2.45) is 0 Å². The van der Waals surface area contributed by atoms with Crippen LogP contribution in [0.4, 0.5) is 0 Å². The molecule has 4 rings (SSSR count). The Labute approximate surface area is 191 Å². The first-order valence-corrected chi connectivity index (χ1v) is 11.3. The SMILES string of the molecule is CCc1ccccc1C(=O)OC=Cc1ccc2c(c1)C(c1ccc(C)cc1)=CCC2(C)C. The molecule has 0 N–H and O–H groups in total. The summed E-state index contributed by atoms with van der Waals surface area (Å²) < 4.78 is 5.45. The number of esters is 1. The highest BCUT2D eigenvalue weighted by molar-refractivity contribution is 5.91. The van der Waals surface area contributed by atoms with Gasteiger partial charge in [-0.15, -0.1) is 0 Å². The van der Waals surface area contributed by atoms with Crippen LogP contribution in [-0.4, -0.2) is 5.97 Å². The van der Waals surface area contributed by atoms with E-state index in [1.807, 2.05) is 37.3 Å². The molecule has 0 unspecified atom stereocenters. The van der Waals surface area contributed by atoms with Crippen LogP contribution in [0.15, 0.2) is 79.1 Å². The van der Waals surface area contributed by atoms with E-state index in [-0.39, 0.29) is 11.4 Å². The average molecular weight is 423 g/mol. The van der Waals surface area contributed by atoms with Crippen molar-refractivity contribution in [2.75, 3.05) is 0 Å². The van der Waals surface area contributed by atoms with Gasteiger partial charge in [0.25, 0.3) is 0 Å². The summed E-state index contributed by atoms with van der Waals surface area (Å²) in [5, 5.41) is 0. The topological polar surface area (TPSA) is 26.3 Å². The molecule has 1 aliphatic rings. The van der Waals surface area contributed by atoms with Crippen molar-refractivity contribution in [1.82, 2.24) is 0 Å². The van der Waals surface area contributed by atoms with Crippen LogP contribution >= 0.6 is 0 Å². The molecule has 0 aromatic heterocycles. The molecule has 0 radical (unpaired) electrons. The van der Waals surface area contributed by atoms with Crippen LogP contribution in [-0.2, 0) is 16.6 Å². The third kappa shape index (κ3) is 4.45. The first kappa shape index (κ1) is 21.8. The summed E-state index contributed by atoms with van der Waals surface area (Å²) in [7, 11) is 0. The van der Waals surface area contributed by atoms with Gasteiger partial charge in [-0.05, 0) is 76.8 Å². The minimum atomic E-state index is -0.321. The summed E-state index contributed by atoms with van der Waals surface area (Å²) in [4.78, 5) is 12.5. The summed E-state index contributed by atoms with van der Waals surface area (Å²) in [6.45, 7) is 8.72. The zero-order valence-corrected chi connectivity index (χ0v) is 19.3. The lowest BCUT2D eigenvalue weighted by molar-refractivity contribution is 0.0664. The number of benzene rings is 3. The zero-order chi connectivity index (χ0) is 22.7. The second-order valence-electron chi connectivity index (χ2n) is 9.10. The fraction of sp³-hybridized carbons (Fsp3) is 0.233. The predicted molar refractivity (Wildman–Crippen MR) is 133 cm³/mol. The van der Waals surface area contributed by atoms with E-state index in [0.29, 0.717) is 5.56 Å². The van der Waals surface area contributed by atoms with Crippen molar-refractivity contribution >= 4 is 17.6 Å². The van der Waals surface area contributed by atoms with E-state index in [9.17, 15) is 4.79 Å². The molecule has 0 saturated carbocycles. The summed E-state index contributed by atoms with van der Waals surface area (Å²) >= 11 is 0.